The summed E-state index contributed by atoms with van der Waals surface area (Å²) in [5.74, 6) is 0.495. The highest BCUT2D eigenvalue weighted by Crippen LogP contribution is 2.32. The van der Waals surface area contributed by atoms with Crippen molar-refractivity contribution in [2.75, 3.05) is 27.3 Å². The second-order valence-electron chi connectivity index (χ2n) is 9.36. The molecule has 196 valence electrons. The van der Waals surface area contributed by atoms with Gasteiger partial charge in [-0.15, -0.1) is 0 Å². The molecule has 1 unspecified atom stereocenters. The van der Waals surface area contributed by atoms with Crippen molar-refractivity contribution in [3.05, 3.63) is 59.9 Å². The Morgan fingerprint density at radius 1 is 1.09 bits per heavy atom. The average Bonchev–Trinajstić information content (AvgIpc) is 2.80. The number of rotatable bonds is 11. The zero-order chi connectivity index (χ0) is 26.3. The van der Waals surface area contributed by atoms with E-state index in [0.29, 0.717) is 30.0 Å². The number of aliphatic hydroxyl groups is 1. The highest BCUT2D eigenvalue weighted by Gasteiger charge is 2.19. The Kier molecular flexibility index (Phi) is 14.0. The van der Waals surface area contributed by atoms with Gasteiger partial charge in [-0.05, 0) is 64.7 Å². The number of ether oxygens (including phenoxy) is 3. The van der Waals surface area contributed by atoms with E-state index in [1.807, 2.05) is 26.8 Å². The molecule has 0 aliphatic rings. The van der Waals surface area contributed by atoms with Crippen LogP contribution in [0.15, 0.2) is 48.5 Å². The maximum Gasteiger partial charge on any atom is 0.410 e. The molecule has 2 rings (SSSR count). The molecule has 6 nitrogen and oxygen atoms in total. The van der Waals surface area contributed by atoms with Crippen molar-refractivity contribution in [3.8, 4) is 11.5 Å². The van der Waals surface area contributed by atoms with Gasteiger partial charge in [-0.2, -0.15) is 0 Å². The van der Waals surface area contributed by atoms with Crippen molar-refractivity contribution in [2.24, 2.45) is 0 Å². The molecule has 0 saturated carbocycles. The third kappa shape index (κ3) is 13.1. The third-order valence-corrected chi connectivity index (χ3v) is 4.93. The second kappa shape index (κ2) is 16.1. The number of methoxy groups -OCH3 is 1. The lowest BCUT2D eigenvalue weighted by Crippen LogP contribution is -2.34. The van der Waals surface area contributed by atoms with E-state index in [9.17, 15) is 14.3 Å². The summed E-state index contributed by atoms with van der Waals surface area (Å²) >= 11 is 0. The molecule has 1 N–H and O–H groups in total. The van der Waals surface area contributed by atoms with Gasteiger partial charge < -0.3 is 24.2 Å². The largest absolute Gasteiger partial charge is 0.457 e. The fourth-order valence-corrected chi connectivity index (χ4v) is 3.07. The van der Waals surface area contributed by atoms with Crippen LogP contribution in [0.3, 0.4) is 0 Å². The molecule has 1 amide bonds. The molecule has 7 heteroatoms. The Hall–Kier alpha value is -2.64. The Balaban J connectivity index is 0.000000905. The SMILES string of the molecule is CCCCOC.CN(CCCCC(O)c1ccccc1Oc1cccc(F)c1)C(=O)OC(C)(C)C. The number of hydrogen-bond acceptors (Lipinski definition) is 5. The van der Waals surface area contributed by atoms with E-state index in [4.69, 9.17) is 14.2 Å². The summed E-state index contributed by atoms with van der Waals surface area (Å²) < 4.78 is 29.2. The highest BCUT2D eigenvalue weighted by atomic mass is 19.1. The molecule has 0 fully saturated rings. The molecule has 35 heavy (non-hydrogen) atoms. The highest BCUT2D eigenvalue weighted by molar-refractivity contribution is 5.67. The molecule has 2 aromatic rings. The molecular formula is C28H42FNO5. The van der Waals surface area contributed by atoms with Crippen molar-refractivity contribution >= 4 is 6.09 Å². The number of unbranched alkanes of at least 4 members (excludes halogenated alkanes) is 2. The number of halogens is 1. The molecule has 0 aliphatic carbocycles. The van der Waals surface area contributed by atoms with Crippen LogP contribution in [0.5, 0.6) is 11.5 Å². The van der Waals surface area contributed by atoms with Gasteiger partial charge in [-0.3, -0.25) is 0 Å². The van der Waals surface area contributed by atoms with Crippen LogP contribution in [-0.4, -0.2) is 49.0 Å². The van der Waals surface area contributed by atoms with Crippen LogP contribution >= 0.6 is 0 Å². The van der Waals surface area contributed by atoms with E-state index < -0.39 is 11.7 Å². The lowest BCUT2D eigenvalue weighted by molar-refractivity contribution is 0.0295. The summed E-state index contributed by atoms with van der Waals surface area (Å²) in [6.45, 7) is 9.11. The topological polar surface area (TPSA) is 68.2 Å². The minimum Gasteiger partial charge on any atom is -0.457 e. The molecule has 2 aromatic carbocycles. The van der Waals surface area contributed by atoms with Crippen molar-refractivity contribution < 1.29 is 28.5 Å². The van der Waals surface area contributed by atoms with E-state index in [-0.39, 0.29) is 11.9 Å². The van der Waals surface area contributed by atoms with E-state index in [2.05, 4.69) is 6.92 Å². The van der Waals surface area contributed by atoms with Gasteiger partial charge in [0.1, 0.15) is 22.9 Å². The number of para-hydroxylation sites is 1. The summed E-state index contributed by atoms with van der Waals surface area (Å²) in [6.07, 6.45) is 3.33. The lowest BCUT2D eigenvalue weighted by Gasteiger charge is -2.24. The predicted octanol–water partition coefficient (Wildman–Crippen LogP) is 7.12. The van der Waals surface area contributed by atoms with Gasteiger partial charge in [0.15, 0.2) is 0 Å². The molecule has 0 heterocycles. The normalized spacial score (nSPS) is 11.8. The first-order chi connectivity index (χ1) is 16.6. The van der Waals surface area contributed by atoms with Crippen LogP contribution in [0, 0.1) is 5.82 Å². The summed E-state index contributed by atoms with van der Waals surface area (Å²) in [6, 6.07) is 13.1. The zero-order valence-electron chi connectivity index (χ0n) is 22.1. The van der Waals surface area contributed by atoms with Gasteiger partial charge in [-0.25, -0.2) is 9.18 Å². The first kappa shape index (κ1) is 30.4. The van der Waals surface area contributed by atoms with Gasteiger partial charge in [0, 0.05) is 38.9 Å². The first-order valence-electron chi connectivity index (χ1n) is 12.2. The summed E-state index contributed by atoms with van der Waals surface area (Å²) in [7, 11) is 3.43. The molecule has 0 aliphatic heterocycles. The minimum atomic E-state index is -0.716. The molecule has 0 bridgehead atoms. The van der Waals surface area contributed by atoms with Gasteiger partial charge in [0.25, 0.3) is 0 Å². The number of hydrogen-bond donors (Lipinski definition) is 1. The Morgan fingerprint density at radius 3 is 2.40 bits per heavy atom. The summed E-state index contributed by atoms with van der Waals surface area (Å²) in [5.41, 5.74) is 0.129. The standard InChI is InChI=1S/C23H30FNO4.C5H12O/c1-23(2,3)29-22(27)25(4)15-8-7-13-20(26)19-12-5-6-14-21(19)28-18-11-9-10-17(24)16-18;1-3-4-5-6-2/h5-6,9-12,14,16,20,26H,7-8,13,15H2,1-4H3;3-5H2,1-2H3. The van der Waals surface area contributed by atoms with Crippen LogP contribution in [0.1, 0.15) is 71.5 Å². The fraction of sp³-hybridized carbons (Fsp3) is 0.536. The number of amides is 1. The maximum atomic E-state index is 13.4. The molecule has 0 radical (unpaired) electrons. The predicted molar refractivity (Wildman–Crippen MR) is 137 cm³/mol. The smallest absolute Gasteiger partial charge is 0.410 e. The van der Waals surface area contributed by atoms with Crippen LogP contribution in [0.2, 0.25) is 0 Å². The molecule has 1 atom stereocenters. The van der Waals surface area contributed by atoms with Crippen LogP contribution < -0.4 is 4.74 Å². The van der Waals surface area contributed by atoms with Crippen molar-refractivity contribution in [3.63, 3.8) is 0 Å². The van der Waals surface area contributed by atoms with E-state index in [1.165, 1.54) is 25.0 Å². The number of carbonyl (C=O) groups is 1. The maximum absolute atomic E-state index is 13.4. The average molecular weight is 492 g/mol. The van der Waals surface area contributed by atoms with Gasteiger partial charge in [0.05, 0.1) is 6.10 Å². The van der Waals surface area contributed by atoms with Crippen molar-refractivity contribution in [2.45, 2.75) is 71.5 Å². The van der Waals surface area contributed by atoms with Crippen molar-refractivity contribution in [1.82, 2.24) is 4.90 Å². The van der Waals surface area contributed by atoms with Crippen LogP contribution in [0.4, 0.5) is 9.18 Å². The lowest BCUT2D eigenvalue weighted by atomic mass is 10.0. The molecular weight excluding hydrogens is 449 g/mol. The fourth-order valence-electron chi connectivity index (χ4n) is 3.07. The Labute approximate surface area is 210 Å². The molecule has 0 saturated heterocycles. The van der Waals surface area contributed by atoms with Crippen molar-refractivity contribution in [1.29, 1.82) is 0 Å². The van der Waals surface area contributed by atoms with E-state index >= 15 is 0 Å². The Morgan fingerprint density at radius 2 is 1.80 bits per heavy atom. The Bertz CT molecular complexity index is 864. The van der Waals surface area contributed by atoms with Gasteiger partial charge >= 0.3 is 6.09 Å². The summed E-state index contributed by atoms with van der Waals surface area (Å²) in [5, 5.41) is 10.6. The van der Waals surface area contributed by atoms with E-state index in [1.54, 1.807) is 49.4 Å². The van der Waals surface area contributed by atoms with Crippen LogP contribution in [0.25, 0.3) is 0 Å². The number of carbonyl (C=O) groups excluding carboxylic acids is 1. The minimum absolute atomic E-state index is 0.355. The number of benzene rings is 2. The second-order valence-corrected chi connectivity index (χ2v) is 9.36. The monoisotopic (exact) mass is 491 g/mol. The zero-order valence-corrected chi connectivity index (χ0v) is 22.1. The molecule has 0 aromatic heterocycles. The van der Waals surface area contributed by atoms with E-state index in [0.717, 1.165) is 19.4 Å². The molecule has 0 spiro atoms. The number of nitrogens with zero attached hydrogens (tertiary/aromatic N) is 1. The first-order valence-corrected chi connectivity index (χ1v) is 12.2. The van der Waals surface area contributed by atoms with Gasteiger partial charge in [-0.1, -0.05) is 37.6 Å². The van der Waals surface area contributed by atoms with Crippen LogP contribution in [-0.2, 0) is 9.47 Å². The number of aliphatic hydroxyl groups excluding tert-OH is 1. The summed E-state index contributed by atoms with van der Waals surface area (Å²) in [4.78, 5) is 13.5. The third-order valence-electron chi connectivity index (χ3n) is 4.93. The van der Waals surface area contributed by atoms with Gasteiger partial charge in [0.2, 0.25) is 0 Å². The quantitative estimate of drug-likeness (QED) is 0.339.